The summed E-state index contributed by atoms with van der Waals surface area (Å²) in [5.41, 5.74) is 0. The van der Waals surface area contributed by atoms with E-state index in [0.29, 0.717) is 25.9 Å². The maximum atomic E-state index is 11.5. The Labute approximate surface area is 113 Å². The zero-order valence-electron chi connectivity index (χ0n) is 11.5. The normalized spacial score (nSPS) is 20.6. The molecule has 0 aromatic heterocycles. The Morgan fingerprint density at radius 1 is 1.37 bits per heavy atom. The molecule has 2 amide bonds. The van der Waals surface area contributed by atoms with Crippen molar-refractivity contribution < 1.29 is 19.4 Å². The number of hydrogen-bond donors (Lipinski definition) is 3. The predicted molar refractivity (Wildman–Crippen MR) is 71.0 cm³/mol. The number of carbonyl (C=O) groups excluding carboxylic acids is 1. The number of amides is 2. The van der Waals surface area contributed by atoms with E-state index in [9.17, 15) is 9.59 Å². The van der Waals surface area contributed by atoms with Gasteiger partial charge in [0.2, 0.25) is 0 Å². The highest BCUT2D eigenvalue weighted by Gasteiger charge is 2.14. The fourth-order valence-electron chi connectivity index (χ4n) is 1.97. The number of urea groups is 1. The quantitative estimate of drug-likeness (QED) is 0.611. The van der Waals surface area contributed by atoms with Crippen LogP contribution in [0.15, 0.2) is 0 Å². The lowest BCUT2D eigenvalue weighted by molar-refractivity contribution is -0.141. The van der Waals surface area contributed by atoms with Crippen LogP contribution in [-0.2, 0) is 9.53 Å². The van der Waals surface area contributed by atoms with E-state index < -0.39 is 5.97 Å². The molecule has 110 valence electrons. The van der Waals surface area contributed by atoms with Crippen molar-refractivity contribution in [2.45, 2.75) is 45.1 Å². The molecule has 2 unspecified atom stereocenters. The first-order valence-electron chi connectivity index (χ1n) is 6.95. The molecule has 0 saturated carbocycles. The molecule has 0 aromatic rings. The molecular formula is C13H24N2O4. The zero-order valence-corrected chi connectivity index (χ0v) is 11.5. The maximum Gasteiger partial charge on any atom is 0.314 e. The molecule has 1 aliphatic heterocycles. The predicted octanol–water partition coefficient (Wildman–Crippen LogP) is 1.36. The summed E-state index contributed by atoms with van der Waals surface area (Å²) in [4.78, 5) is 22.1. The number of ether oxygens (including phenoxy) is 1. The second kappa shape index (κ2) is 8.74. The molecule has 1 saturated heterocycles. The summed E-state index contributed by atoms with van der Waals surface area (Å²) >= 11 is 0. The van der Waals surface area contributed by atoms with Gasteiger partial charge in [-0.1, -0.05) is 6.92 Å². The van der Waals surface area contributed by atoms with E-state index in [1.54, 1.807) is 6.92 Å². The standard InChI is InChI=1S/C13H24N2O4/c1-10(12(16)17)5-4-7-14-13(18)15-9-11-6-2-3-8-19-11/h10-11H,2-9H2,1H3,(H,16,17)(H2,14,15,18). The van der Waals surface area contributed by atoms with Gasteiger partial charge in [-0.3, -0.25) is 4.79 Å². The van der Waals surface area contributed by atoms with E-state index in [4.69, 9.17) is 9.84 Å². The zero-order chi connectivity index (χ0) is 14.1. The molecule has 3 N–H and O–H groups in total. The Hall–Kier alpha value is -1.30. The highest BCUT2D eigenvalue weighted by Crippen LogP contribution is 2.11. The number of aliphatic carboxylic acids is 1. The van der Waals surface area contributed by atoms with Gasteiger partial charge < -0.3 is 20.5 Å². The van der Waals surface area contributed by atoms with Gasteiger partial charge in [0, 0.05) is 19.7 Å². The lowest BCUT2D eigenvalue weighted by Crippen LogP contribution is -2.41. The van der Waals surface area contributed by atoms with Crippen LogP contribution in [0, 0.1) is 5.92 Å². The van der Waals surface area contributed by atoms with Crippen LogP contribution in [0.1, 0.15) is 39.0 Å². The van der Waals surface area contributed by atoms with Gasteiger partial charge in [-0.15, -0.1) is 0 Å². The van der Waals surface area contributed by atoms with Gasteiger partial charge in [-0.25, -0.2) is 4.79 Å². The smallest absolute Gasteiger partial charge is 0.314 e. The first kappa shape index (κ1) is 15.8. The van der Waals surface area contributed by atoms with Crippen LogP contribution in [0.5, 0.6) is 0 Å². The van der Waals surface area contributed by atoms with Crippen molar-refractivity contribution in [3.63, 3.8) is 0 Å². The molecule has 1 fully saturated rings. The van der Waals surface area contributed by atoms with Crippen molar-refractivity contribution in [1.82, 2.24) is 10.6 Å². The molecule has 0 spiro atoms. The molecule has 19 heavy (non-hydrogen) atoms. The van der Waals surface area contributed by atoms with Crippen molar-refractivity contribution in [2.75, 3.05) is 19.7 Å². The number of nitrogens with one attached hydrogen (secondary N) is 2. The summed E-state index contributed by atoms with van der Waals surface area (Å²) in [5, 5.41) is 14.2. The van der Waals surface area contributed by atoms with Gasteiger partial charge in [0.25, 0.3) is 0 Å². The Balaban J connectivity index is 2.00. The van der Waals surface area contributed by atoms with E-state index in [2.05, 4.69) is 10.6 Å². The summed E-state index contributed by atoms with van der Waals surface area (Å²) in [7, 11) is 0. The third-order valence-corrected chi connectivity index (χ3v) is 3.29. The topological polar surface area (TPSA) is 87.7 Å². The monoisotopic (exact) mass is 272 g/mol. The average molecular weight is 272 g/mol. The molecule has 1 aliphatic rings. The lowest BCUT2D eigenvalue weighted by Gasteiger charge is -2.22. The molecule has 0 bridgehead atoms. The van der Waals surface area contributed by atoms with Crippen LogP contribution in [0.25, 0.3) is 0 Å². The average Bonchev–Trinajstić information content (AvgIpc) is 2.42. The first-order valence-corrected chi connectivity index (χ1v) is 6.95. The van der Waals surface area contributed by atoms with Gasteiger partial charge in [0.05, 0.1) is 12.0 Å². The van der Waals surface area contributed by atoms with Crippen LogP contribution in [0.4, 0.5) is 4.79 Å². The third kappa shape index (κ3) is 7.00. The van der Waals surface area contributed by atoms with Gasteiger partial charge >= 0.3 is 12.0 Å². The SMILES string of the molecule is CC(CCCNC(=O)NCC1CCCCO1)C(=O)O. The number of carboxylic acids is 1. The van der Waals surface area contributed by atoms with E-state index in [-0.39, 0.29) is 18.1 Å². The molecule has 1 heterocycles. The van der Waals surface area contributed by atoms with E-state index in [1.165, 1.54) is 0 Å². The summed E-state index contributed by atoms with van der Waals surface area (Å²) in [6.07, 6.45) is 4.62. The second-order valence-corrected chi connectivity index (χ2v) is 5.01. The molecule has 0 aromatic carbocycles. The van der Waals surface area contributed by atoms with E-state index in [0.717, 1.165) is 25.9 Å². The largest absolute Gasteiger partial charge is 0.481 e. The number of rotatable bonds is 7. The highest BCUT2D eigenvalue weighted by atomic mass is 16.5. The highest BCUT2D eigenvalue weighted by molar-refractivity contribution is 5.73. The molecular weight excluding hydrogens is 248 g/mol. The minimum absolute atomic E-state index is 0.131. The molecule has 1 rings (SSSR count). The first-order chi connectivity index (χ1) is 9.09. The van der Waals surface area contributed by atoms with Crippen LogP contribution < -0.4 is 10.6 Å². The second-order valence-electron chi connectivity index (χ2n) is 5.01. The summed E-state index contributed by atoms with van der Waals surface area (Å²) in [6, 6.07) is -0.211. The Morgan fingerprint density at radius 2 is 2.16 bits per heavy atom. The maximum absolute atomic E-state index is 11.5. The van der Waals surface area contributed by atoms with E-state index >= 15 is 0 Å². The van der Waals surface area contributed by atoms with Crippen molar-refractivity contribution in [1.29, 1.82) is 0 Å². The fourth-order valence-corrected chi connectivity index (χ4v) is 1.97. The number of carboxylic acid groups (broad SMARTS) is 1. The van der Waals surface area contributed by atoms with Gasteiger partial charge in [0.1, 0.15) is 0 Å². The molecule has 6 nitrogen and oxygen atoms in total. The third-order valence-electron chi connectivity index (χ3n) is 3.29. The molecule has 0 radical (unpaired) electrons. The molecule has 6 heteroatoms. The summed E-state index contributed by atoms with van der Waals surface area (Å²) in [5.74, 6) is -1.15. The summed E-state index contributed by atoms with van der Waals surface area (Å²) < 4.78 is 5.50. The van der Waals surface area contributed by atoms with E-state index in [1.807, 2.05) is 0 Å². The van der Waals surface area contributed by atoms with Crippen molar-refractivity contribution in [2.24, 2.45) is 5.92 Å². The minimum Gasteiger partial charge on any atom is -0.481 e. The Morgan fingerprint density at radius 3 is 2.79 bits per heavy atom. The molecule has 0 aliphatic carbocycles. The lowest BCUT2D eigenvalue weighted by atomic mass is 10.1. The fraction of sp³-hybridized carbons (Fsp3) is 0.846. The van der Waals surface area contributed by atoms with Crippen LogP contribution in [-0.4, -0.2) is 42.9 Å². The van der Waals surface area contributed by atoms with Gasteiger partial charge in [-0.2, -0.15) is 0 Å². The van der Waals surface area contributed by atoms with Crippen LogP contribution in [0.3, 0.4) is 0 Å². The van der Waals surface area contributed by atoms with Crippen molar-refractivity contribution in [3.05, 3.63) is 0 Å². The Kier molecular flexibility index (Phi) is 7.25. The van der Waals surface area contributed by atoms with Crippen molar-refractivity contribution >= 4 is 12.0 Å². The summed E-state index contributed by atoms with van der Waals surface area (Å²) in [6.45, 7) is 3.48. The minimum atomic E-state index is -0.793. The Bertz CT molecular complexity index is 290. The van der Waals surface area contributed by atoms with Gasteiger partial charge in [-0.05, 0) is 32.1 Å². The molecule has 2 atom stereocenters. The van der Waals surface area contributed by atoms with Crippen LogP contribution in [0.2, 0.25) is 0 Å². The number of carbonyl (C=O) groups is 2. The van der Waals surface area contributed by atoms with Crippen molar-refractivity contribution in [3.8, 4) is 0 Å². The van der Waals surface area contributed by atoms with Gasteiger partial charge in [0.15, 0.2) is 0 Å². The number of hydrogen-bond acceptors (Lipinski definition) is 3. The van der Waals surface area contributed by atoms with Crippen LogP contribution >= 0.6 is 0 Å².